The minimum Gasteiger partial charge on any atom is -0.497 e. The molecule has 0 bridgehead atoms. The molecule has 1 aliphatic heterocycles. The maximum absolute atomic E-state index is 5.33. The van der Waals surface area contributed by atoms with Crippen molar-refractivity contribution in [3.63, 3.8) is 0 Å². The van der Waals surface area contributed by atoms with E-state index in [9.17, 15) is 0 Å². The van der Waals surface area contributed by atoms with Gasteiger partial charge in [-0.05, 0) is 37.1 Å². The van der Waals surface area contributed by atoms with E-state index >= 15 is 0 Å². The number of piperidine rings is 1. The van der Waals surface area contributed by atoms with Crippen LogP contribution in [0.1, 0.15) is 23.3 Å². The Morgan fingerprint density at radius 3 is 3.04 bits per heavy atom. The summed E-state index contributed by atoms with van der Waals surface area (Å²) in [5.74, 6) is 0.936. The Morgan fingerprint density at radius 1 is 1.40 bits per heavy atom. The summed E-state index contributed by atoms with van der Waals surface area (Å²) in [6, 6.07) is 8.93. The molecule has 0 saturated carbocycles. The number of aromatic nitrogens is 1. The molecule has 5 nitrogen and oxygen atoms in total. The molecular weight excluding hydrogens is 332 g/mol. The zero-order valence-electron chi connectivity index (χ0n) is 15.4. The minimum atomic E-state index is 0.546. The lowest BCUT2D eigenvalue weighted by Crippen LogP contribution is -2.44. The van der Waals surface area contributed by atoms with Gasteiger partial charge >= 0.3 is 0 Å². The van der Waals surface area contributed by atoms with Crippen LogP contribution < -0.4 is 15.0 Å². The topological polar surface area (TPSA) is 40.6 Å². The highest BCUT2D eigenvalue weighted by Gasteiger charge is 2.20. The predicted molar refractivity (Wildman–Crippen MR) is 105 cm³/mol. The molecule has 1 atom stereocenters. The number of hydrogen-bond acceptors (Lipinski definition) is 6. The van der Waals surface area contributed by atoms with E-state index in [1.807, 2.05) is 26.4 Å². The third kappa shape index (κ3) is 5.17. The first-order chi connectivity index (χ1) is 12.1. The average Bonchev–Trinajstić information content (AvgIpc) is 3.10. The standard InChI is InChI=1S/C19H28N4OS/c1-22(2)19-21-12-18(25-19)11-20-16-7-5-9-23(14-16)13-15-6-4-8-17(10-15)24-3/h4,6,8,10,12,16,20H,5,7,9,11,13-14H2,1-3H3. The summed E-state index contributed by atoms with van der Waals surface area (Å²) < 4.78 is 5.33. The first kappa shape index (κ1) is 18.2. The van der Waals surface area contributed by atoms with Crippen LogP contribution in [0.25, 0.3) is 0 Å². The fourth-order valence-electron chi connectivity index (χ4n) is 3.23. The third-order valence-electron chi connectivity index (χ3n) is 4.53. The van der Waals surface area contributed by atoms with Gasteiger partial charge in [0.2, 0.25) is 0 Å². The van der Waals surface area contributed by atoms with Gasteiger partial charge in [0.05, 0.1) is 7.11 Å². The summed E-state index contributed by atoms with van der Waals surface area (Å²) in [7, 11) is 5.79. The van der Waals surface area contributed by atoms with Crippen molar-refractivity contribution in [2.75, 3.05) is 39.2 Å². The smallest absolute Gasteiger partial charge is 0.185 e. The van der Waals surface area contributed by atoms with Crippen molar-refractivity contribution >= 4 is 16.5 Å². The molecule has 25 heavy (non-hydrogen) atoms. The molecule has 1 fully saturated rings. The highest BCUT2D eigenvalue weighted by atomic mass is 32.1. The lowest BCUT2D eigenvalue weighted by molar-refractivity contribution is 0.183. The molecule has 3 rings (SSSR count). The van der Waals surface area contributed by atoms with Crippen molar-refractivity contribution < 1.29 is 4.74 Å². The second kappa shape index (κ2) is 8.65. The van der Waals surface area contributed by atoms with Crippen LogP contribution in [-0.4, -0.2) is 50.2 Å². The van der Waals surface area contributed by atoms with Crippen LogP contribution in [0, 0.1) is 0 Å². The molecule has 1 unspecified atom stereocenters. The Kier molecular flexibility index (Phi) is 6.29. The summed E-state index contributed by atoms with van der Waals surface area (Å²) in [6.45, 7) is 4.15. The molecule has 6 heteroatoms. The van der Waals surface area contributed by atoms with E-state index in [1.165, 1.54) is 29.8 Å². The van der Waals surface area contributed by atoms with Gasteiger partial charge in [0.15, 0.2) is 5.13 Å². The zero-order valence-corrected chi connectivity index (χ0v) is 16.2. The van der Waals surface area contributed by atoms with Gasteiger partial charge in [0.25, 0.3) is 0 Å². The van der Waals surface area contributed by atoms with Crippen LogP contribution in [0.15, 0.2) is 30.5 Å². The van der Waals surface area contributed by atoms with Gasteiger partial charge in [0, 0.05) is 50.8 Å². The van der Waals surface area contributed by atoms with Gasteiger partial charge < -0.3 is 15.0 Å². The Hall–Kier alpha value is -1.63. The van der Waals surface area contributed by atoms with E-state index in [-0.39, 0.29) is 0 Å². The van der Waals surface area contributed by atoms with E-state index in [0.29, 0.717) is 6.04 Å². The van der Waals surface area contributed by atoms with Gasteiger partial charge in [-0.25, -0.2) is 4.98 Å². The van der Waals surface area contributed by atoms with Crippen molar-refractivity contribution in [3.05, 3.63) is 40.9 Å². The number of ether oxygens (including phenoxy) is 1. The summed E-state index contributed by atoms with van der Waals surface area (Å²) in [6.07, 6.45) is 4.48. The molecule has 2 aromatic rings. The number of anilines is 1. The molecule has 1 aromatic carbocycles. The maximum Gasteiger partial charge on any atom is 0.185 e. The second-order valence-corrected chi connectivity index (χ2v) is 7.90. The molecule has 1 N–H and O–H groups in total. The molecule has 0 aliphatic carbocycles. The normalized spacial score (nSPS) is 18.3. The molecule has 1 aliphatic rings. The van der Waals surface area contributed by atoms with Crippen molar-refractivity contribution in [2.24, 2.45) is 0 Å². The van der Waals surface area contributed by atoms with Crippen molar-refractivity contribution in [1.29, 1.82) is 0 Å². The number of benzene rings is 1. The number of methoxy groups -OCH3 is 1. The Balaban J connectivity index is 1.50. The Labute approximate surface area is 154 Å². The fourth-order valence-corrected chi connectivity index (χ4v) is 4.01. The third-order valence-corrected chi connectivity index (χ3v) is 5.70. The van der Waals surface area contributed by atoms with E-state index in [2.05, 4.69) is 38.3 Å². The quantitative estimate of drug-likeness (QED) is 0.822. The number of nitrogens with one attached hydrogen (secondary N) is 1. The maximum atomic E-state index is 5.33. The van der Waals surface area contributed by atoms with Crippen LogP contribution >= 0.6 is 11.3 Å². The van der Waals surface area contributed by atoms with E-state index in [1.54, 1.807) is 18.4 Å². The van der Waals surface area contributed by atoms with Crippen LogP contribution in [0.4, 0.5) is 5.13 Å². The van der Waals surface area contributed by atoms with Crippen LogP contribution in [0.3, 0.4) is 0 Å². The van der Waals surface area contributed by atoms with Crippen LogP contribution in [-0.2, 0) is 13.1 Å². The molecule has 0 radical (unpaired) electrons. The van der Waals surface area contributed by atoms with Crippen LogP contribution in [0.2, 0.25) is 0 Å². The molecular formula is C19H28N4OS. The summed E-state index contributed by atoms with van der Waals surface area (Å²) >= 11 is 1.76. The lowest BCUT2D eigenvalue weighted by Gasteiger charge is -2.33. The van der Waals surface area contributed by atoms with E-state index < -0.39 is 0 Å². The fraction of sp³-hybridized carbons (Fsp3) is 0.526. The number of rotatable bonds is 7. The number of thiazole rings is 1. The van der Waals surface area contributed by atoms with Crippen molar-refractivity contribution in [1.82, 2.24) is 15.2 Å². The molecule has 1 aromatic heterocycles. The Bertz CT molecular complexity index is 673. The highest BCUT2D eigenvalue weighted by Crippen LogP contribution is 2.21. The molecule has 0 spiro atoms. The predicted octanol–water partition coefficient (Wildman–Crippen LogP) is 2.97. The molecule has 136 valence electrons. The highest BCUT2D eigenvalue weighted by molar-refractivity contribution is 7.15. The summed E-state index contributed by atoms with van der Waals surface area (Å²) in [5, 5.41) is 4.78. The van der Waals surface area contributed by atoms with Gasteiger partial charge in [0.1, 0.15) is 5.75 Å². The average molecular weight is 361 g/mol. The van der Waals surface area contributed by atoms with Crippen LogP contribution in [0.5, 0.6) is 5.75 Å². The summed E-state index contributed by atoms with van der Waals surface area (Å²) in [5.41, 5.74) is 1.32. The van der Waals surface area contributed by atoms with E-state index in [0.717, 1.165) is 30.5 Å². The first-order valence-corrected chi connectivity index (χ1v) is 9.66. The first-order valence-electron chi connectivity index (χ1n) is 8.85. The largest absolute Gasteiger partial charge is 0.497 e. The summed E-state index contributed by atoms with van der Waals surface area (Å²) in [4.78, 5) is 10.3. The minimum absolute atomic E-state index is 0.546. The van der Waals surface area contributed by atoms with Gasteiger partial charge in [-0.1, -0.05) is 12.1 Å². The van der Waals surface area contributed by atoms with Crippen molar-refractivity contribution in [3.8, 4) is 5.75 Å². The number of likely N-dealkylation sites (tertiary alicyclic amines) is 1. The van der Waals surface area contributed by atoms with Crippen molar-refractivity contribution in [2.45, 2.75) is 32.0 Å². The van der Waals surface area contributed by atoms with Gasteiger partial charge in [-0.3, -0.25) is 4.90 Å². The Morgan fingerprint density at radius 2 is 2.28 bits per heavy atom. The number of nitrogens with zero attached hydrogens (tertiary/aromatic N) is 3. The second-order valence-electron chi connectivity index (χ2n) is 6.81. The lowest BCUT2D eigenvalue weighted by atomic mass is 10.0. The monoisotopic (exact) mass is 360 g/mol. The number of hydrogen-bond donors (Lipinski definition) is 1. The molecule has 0 amide bonds. The molecule has 1 saturated heterocycles. The zero-order chi connectivity index (χ0) is 17.6. The van der Waals surface area contributed by atoms with E-state index in [4.69, 9.17) is 4.74 Å². The molecule has 2 heterocycles. The van der Waals surface area contributed by atoms with Gasteiger partial charge in [-0.15, -0.1) is 11.3 Å². The van der Waals surface area contributed by atoms with Gasteiger partial charge in [-0.2, -0.15) is 0 Å². The SMILES string of the molecule is COc1cccc(CN2CCCC(NCc3cnc(N(C)C)s3)C2)c1.